The fourth-order valence-electron chi connectivity index (χ4n) is 2.89. The standard InChI is InChI=1S/C17H21N3O3S2/c1-12-5-3-7-15(18-12)19-17(21)14-6-4-10-20(11-14)25(22,23)16-9-8-13(2)24-16/h3,5,7-9,14H,4,6,10-11H2,1-2H3,(H,18,19,21)/t14-/m1/s1. The molecule has 8 heteroatoms. The van der Waals surface area contributed by atoms with Gasteiger partial charge >= 0.3 is 0 Å². The minimum atomic E-state index is -3.53. The predicted molar refractivity (Wildman–Crippen MR) is 98.1 cm³/mol. The van der Waals surface area contributed by atoms with Gasteiger partial charge in [0.1, 0.15) is 10.0 Å². The molecule has 6 nitrogen and oxygen atoms in total. The van der Waals surface area contributed by atoms with E-state index in [1.807, 2.05) is 26.0 Å². The van der Waals surface area contributed by atoms with Crippen LogP contribution in [0.5, 0.6) is 0 Å². The zero-order chi connectivity index (χ0) is 18.0. The predicted octanol–water partition coefficient (Wildman–Crippen LogP) is 2.80. The number of amides is 1. The number of sulfonamides is 1. The summed E-state index contributed by atoms with van der Waals surface area (Å²) in [5.41, 5.74) is 0.818. The fourth-order valence-corrected chi connectivity index (χ4v) is 5.86. The first-order valence-corrected chi connectivity index (χ1v) is 10.4. The lowest BCUT2D eigenvalue weighted by atomic mass is 9.99. The first-order chi connectivity index (χ1) is 11.9. The summed E-state index contributed by atoms with van der Waals surface area (Å²) in [7, 11) is -3.53. The van der Waals surface area contributed by atoms with Crippen LogP contribution in [0.4, 0.5) is 5.82 Å². The van der Waals surface area contributed by atoms with Gasteiger partial charge in [0.05, 0.1) is 5.92 Å². The summed E-state index contributed by atoms with van der Waals surface area (Å²) in [5.74, 6) is -0.0499. The number of piperidine rings is 1. The number of nitrogens with zero attached hydrogens (tertiary/aromatic N) is 2. The molecule has 3 heterocycles. The normalized spacial score (nSPS) is 18.9. The van der Waals surface area contributed by atoms with Crippen LogP contribution in [0.3, 0.4) is 0 Å². The minimum Gasteiger partial charge on any atom is -0.310 e. The topological polar surface area (TPSA) is 79.4 Å². The number of nitrogens with one attached hydrogen (secondary N) is 1. The Bertz CT molecular complexity index is 877. The van der Waals surface area contributed by atoms with Crippen LogP contribution >= 0.6 is 11.3 Å². The summed E-state index contributed by atoms with van der Waals surface area (Å²) in [6.45, 7) is 4.39. The van der Waals surface area contributed by atoms with Gasteiger partial charge in [-0.3, -0.25) is 4.79 Å². The van der Waals surface area contributed by atoms with Gasteiger partial charge in [0.2, 0.25) is 5.91 Å². The smallest absolute Gasteiger partial charge is 0.252 e. The first kappa shape index (κ1) is 18.0. The maximum absolute atomic E-state index is 12.8. The summed E-state index contributed by atoms with van der Waals surface area (Å²) in [6.07, 6.45) is 1.34. The maximum atomic E-state index is 12.8. The first-order valence-electron chi connectivity index (χ1n) is 8.17. The Morgan fingerprint density at radius 3 is 2.76 bits per heavy atom. The molecule has 1 amide bonds. The largest absolute Gasteiger partial charge is 0.310 e. The Hall–Kier alpha value is -1.77. The number of rotatable bonds is 4. The molecule has 0 saturated carbocycles. The number of carbonyl (C=O) groups is 1. The SMILES string of the molecule is Cc1cccc(NC(=O)[C@@H]2CCCN(S(=O)(=O)c3ccc(C)s3)C2)n1. The molecule has 134 valence electrons. The molecule has 0 aliphatic carbocycles. The van der Waals surface area contributed by atoms with Crippen LogP contribution in [0.1, 0.15) is 23.4 Å². The lowest BCUT2D eigenvalue weighted by molar-refractivity contribution is -0.120. The molecular formula is C17H21N3O3S2. The third-order valence-corrected chi connectivity index (χ3v) is 7.54. The highest BCUT2D eigenvalue weighted by atomic mass is 32.2. The summed E-state index contributed by atoms with van der Waals surface area (Å²) < 4.78 is 27.3. The molecule has 1 saturated heterocycles. The Labute approximate surface area is 151 Å². The second-order valence-electron chi connectivity index (χ2n) is 6.22. The summed E-state index contributed by atoms with van der Waals surface area (Å²) >= 11 is 1.26. The second kappa shape index (κ2) is 7.23. The van der Waals surface area contributed by atoms with Gasteiger partial charge in [-0.25, -0.2) is 13.4 Å². The lowest BCUT2D eigenvalue weighted by Crippen LogP contribution is -2.43. The van der Waals surface area contributed by atoms with Crippen molar-refractivity contribution in [2.75, 3.05) is 18.4 Å². The number of aromatic nitrogens is 1. The molecule has 3 rings (SSSR count). The Morgan fingerprint density at radius 2 is 2.08 bits per heavy atom. The zero-order valence-corrected chi connectivity index (χ0v) is 15.9. The van der Waals surface area contributed by atoms with Gasteiger partial charge in [0.15, 0.2) is 0 Å². The summed E-state index contributed by atoms with van der Waals surface area (Å²) in [6, 6.07) is 8.85. The van der Waals surface area contributed by atoms with Gasteiger partial charge in [0.25, 0.3) is 10.0 Å². The second-order valence-corrected chi connectivity index (χ2v) is 9.67. The van der Waals surface area contributed by atoms with Gasteiger partial charge in [0, 0.05) is 23.7 Å². The highest BCUT2D eigenvalue weighted by Crippen LogP contribution is 2.28. The Kier molecular flexibility index (Phi) is 5.21. The average molecular weight is 380 g/mol. The number of hydrogen-bond donors (Lipinski definition) is 1. The van der Waals surface area contributed by atoms with Crippen molar-refractivity contribution in [3.05, 3.63) is 40.9 Å². The molecule has 1 aliphatic rings. The molecule has 0 spiro atoms. The number of hydrogen-bond acceptors (Lipinski definition) is 5. The van der Waals surface area contributed by atoms with Crippen LogP contribution in [0.25, 0.3) is 0 Å². The fraction of sp³-hybridized carbons (Fsp3) is 0.412. The quantitative estimate of drug-likeness (QED) is 0.886. The molecule has 0 bridgehead atoms. The van der Waals surface area contributed by atoms with Crippen molar-refractivity contribution < 1.29 is 13.2 Å². The number of pyridine rings is 1. The number of aryl methyl sites for hydroxylation is 2. The van der Waals surface area contributed by atoms with Crippen LogP contribution in [0.2, 0.25) is 0 Å². The van der Waals surface area contributed by atoms with Crippen molar-refractivity contribution in [3.8, 4) is 0 Å². The van der Waals surface area contributed by atoms with Crippen molar-refractivity contribution >= 4 is 33.1 Å². The van der Waals surface area contributed by atoms with Crippen LogP contribution in [0.15, 0.2) is 34.5 Å². The Morgan fingerprint density at radius 1 is 1.28 bits per heavy atom. The van der Waals surface area contributed by atoms with Crippen molar-refractivity contribution in [2.45, 2.75) is 30.9 Å². The highest BCUT2D eigenvalue weighted by Gasteiger charge is 2.34. The van der Waals surface area contributed by atoms with Crippen molar-refractivity contribution in [2.24, 2.45) is 5.92 Å². The van der Waals surface area contributed by atoms with Gasteiger partial charge in [-0.05, 0) is 51.0 Å². The molecule has 25 heavy (non-hydrogen) atoms. The van der Waals surface area contributed by atoms with E-state index in [1.165, 1.54) is 15.6 Å². The molecule has 1 atom stereocenters. The highest BCUT2D eigenvalue weighted by molar-refractivity contribution is 7.91. The summed E-state index contributed by atoms with van der Waals surface area (Å²) in [5, 5.41) is 2.80. The molecule has 2 aromatic rings. The van der Waals surface area contributed by atoms with E-state index in [-0.39, 0.29) is 18.4 Å². The maximum Gasteiger partial charge on any atom is 0.252 e. The van der Waals surface area contributed by atoms with Gasteiger partial charge in [-0.15, -0.1) is 11.3 Å². The molecule has 0 unspecified atom stereocenters. The van der Waals surface area contributed by atoms with E-state index in [0.29, 0.717) is 29.4 Å². The van der Waals surface area contributed by atoms with Gasteiger partial charge in [-0.2, -0.15) is 4.31 Å². The molecule has 1 N–H and O–H groups in total. The minimum absolute atomic E-state index is 0.180. The molecule has 2 aromatic heterocycles. The van der Waals surface area contributed by atoms with Crippen LogP contribution < -0.4 is 5.32 Å². The van der Waals surface area contributed by atoms with Crippen molar-refractivity contribution in [1.82, 2.24) is 9.29 Å². The van der Waals surface area contributed by atoms with E-state index >= 15 is 0 Å². The zero-order valence-electron chi connectivity index (χ0n) is 14.2. The molecule has 1 fully saturated rings. The number of thiophene rings is 1. The molecule has 0 aromatic carbocycles. The van der Waals surface area contributed by atoms with Crippen molar-refractivity contribution in [1.29, 1.82) is 0 Å². The van der Waals surface area contributed by atoms with E-state index < -0.39 is 10.0 Å². The Balaban J connectivity index is 1.71. The monoisotopic (exact) mass is 379 g/mol. The van der Waals surface area contributed by atoms with Crippen LogP contribution in [-0.2, 0) is 14.8 Å². The van der Waals surface area contributed by atoms with E-state index in [1.54, 1.807) is 18.2 Å². The van der Waals surface area contributed by atoms with Crippen LogP contribution in [-0.4, -0.2) is 36.7 Å². The van der Waals surface area contributed by atoms with E-state index in [9.17, 15) is 13.2 Å². The average Bonchev–Trinajstić information content (AvgIpc) is 3.02. The van der Waals surface area contributed by atoms with E-state index in [4.69, 9.17) is 0 Å². The van der Waals surface area contributed by atoms with E-state index in [0.717, 1.165) is 10.6 Å². The van der Waals surface area contributed by atoms with Crippen LogP contribution in [0, 0.1) is 19.8 Å². The summed E-state index contributed by atoms with van der Waals surface area (Å²) in [4.78, 5) is 17.7. The van der Waals surface area contributed by atoms with Crippen molar-refractivity contribution in [3.63, 3.8) is 0 Å². The molecule has 0 radical (unpaired) electrons. The number of anilines is 1. The number of carbonyl (C=O) groups excluding carboxylic acids is 1. The van der Waals surface area contributed by atoms with Gasteiger partial charge in [-0.1, -0.05) is 6.07 Å². The third-order valence-electron chi connectivity index (χ3n) is 4.20. The molecule has 1 aliphatic heterocycles. The van der Waals surface area contributed by atoms with Gasteiger partial charge < -0.3 is 5.32 Å². The molecular weight excluding hydrogens is 358 g/mol. The van der Waals surface area contributed by atoms with E-state index in [2.05, 4.69) is 10.3 Å². The third kappa shape index (κ3) is 4.08. The lowest BCUT2D eigenvalue weighted by Gasteiger charge is -2.30.